The van der Waals surface area contributed by atoms with Crippen LogP contribution in [0.1, 0.15) is 46.0 Å². The van der Waals surface area contributed by atoms with Crippen LogP contribution in [-0.2, 0) is 0 Å². The monoisotopic (exact) mass is 432 g/mol. The first-order valence-electron chi connectivity index (χ1n) is 9.06. The Hall–Kier alpha value is -0.740. The number of hydrogen-bond acceptors (Lipinski definition) is 1. The molecule has 0 radical (unpaired) electrons. The zero-order valence-electron chi connectivity index (χ0n) is 15.1. The van der Waals surface area contributed by atoms with Crippen molar-refractivity contribution < 1.29 is 49.0 Å². The molecule has 0 saturated heterocycles. The van der Waals surface area contributed by atoms with E-state index in [2.05, 4.69) is 0 Å². The zero-order chi connectivity index (χ0) is 21.9. The molecule has 2 saturated carbocycles. The molecule has 5 unspecified atom stereocenters. The second kappa shape index (κ2) is 6.91. The fourth-order valence-electron chi connectivity index (χ4n) is 5.21. The Kier molecular flexibility index (Phi) is 5.80. The molecule has 2 bridgehead atoms. The van der Waals surface area contributed by atoms with Crippen LogP contribution >= 0.6 is 0 Å². The standard InChI is InChI=1S/C17H22F10O/c1-3-10-8-5-9(7-13(28,16(22,23)24)17(25,26)27)11(6-8)12(10)15(20,21)14(18,19)4-2/h8-12,28H,3-7H2,1-2H3. The molecule has 2 aliphatic carbocycles. The van der Waals surface area contributed by atoms with E-state index in [1.165, 1.54) is 6.92 Å². The molecule has 2 aliphatic rings. The third-order valence-electron chi connectivity index (χ3n) is 6.63. The first-order chi connectivity index (χ1) is 12.4. The zero-order valence-corrected chi connectivity index (χ0v) is 15.1. The Bertz CT molecular complexity index is 553. The SMILES string of the molecule is CCC1C2CC(CC(O)(C(F)(F)F)C(F)(F)F)C(C2)C1C(F)(F)C(F)(F)CC. The molecule has 11 heteroatoms. The summed E-state index contributed by atoms with van der Waals surface area (Å²) in [6, 6.07) is 0. The number of halogens is 10. The fraction of sp³-hybridized carbons (Fsp3) is 1.00. The summed E-state index contributed by atoms with van der Waals surface area (Å²) in [5.74, 6) is -15.6. The summed E-state index contributed by atoms with van der Waals surface area (Å²) in [5, 5.41) is 9.41. The lowest BCUT2D eigenvalue weighted by molar-refractivity contribution is -0.374. The van der Waals surface area contributed by atoms with Gasteiger partial charge < -0.3 is 5.11 Å². The second-order valence-corrected chi connectivity index (χ2v) is 7.99. The fourth-order valence-corrected chi connectivity index (χ4v) is 5.21. The second-order valence-electron chi connectivity index (χ2n) is 7.99. The summed E-state index contributed by atoms with van der Waals surface area (Å²) in [7, 11) is 0. The Labute approximate surface area is 155 Å². The molecule has 1 nitrogen and oxygen atoms in total. The molecule has 2 rings (SSSR count). The molecule has 0 aromatic rings. The minimum Gasteiger partial charge on any atom is -0.374 e. The number of rotatable bonds is 6. The average Bonchev–Trinajstić information content (AvgIpc) is 3.09. The topological polar surface area (TPSA) is 20.2 Å². The summed E-state index contributed by atoms with van der Waals surface area (Å²) in [5.41, 5.74) is -5.07. The van der Waals surface area contributed by atoms with E-state index < -0.39 is 72.2 Å². The van der Waals surface area contributed by atoms with E-state index in [0.29, 0.717) is 0 Å². The maximum atomic E-state index is 14.6. The lowest BCUT2D eigenvalue weighted by atomic mass is 9.66. The molecular formula is C17H22F10O. The Morgan fingerprint density at radius 1 is 0.821 bits per heavy atom. The van der Waals surface area contributed by atoms with E-state index in [1.54, 1.807) is 0 Å². The predicted molar refractivity (Wildman–Crippen MR) is 78.8 cm³/mol. The Morgan fingerprint density at radius 3 is 1.71 bits per heavy atom. The van der Waals surface area contributed by atoms with Gasteiger partial charge in [0.2, 0.25) is 0 Å². The minimum atomic E-state index is -6.07. The number of alkyl halides is 10. The van der Waals surface area contributed by atoms with E-state index >= 15 is 0 Å². The third-order valence-corrected chi connectivity index (χ3v) is 6.63. The maximum absolute atomic E-state index is 14.6. The van der Waals surface area contributed by atoms with Gasteiger partial charge in [-0.3, -0.25) is 0 Å². The molecule has 5 atom stereocenters. The summed E-state index contributed by atoms with van der Waals surface area (Å²) in [4.78, 5) is 0. The lowest BCUT2D eigenvalue weighted by Crippen LogP contribution is -2.59. The molecular weight excluding hydrogens is 410 g/mol. The van der Waals surface area contributed by atoms with Gasteiger partial charge in [0.1, 0.15) is 0 Å². The minimum absolute atomic E-state index is 0.0662. The molecule has 0 heterocycles. The van der Waals surface area contributed by atoms with E-state index in [4.69, 9.17) is 0 Å². The van der Waals surface area contributed by atoms with Crippen molar-refractivity contribution in [2.75, 3.05) is 0 Å². The van der Waals surface area contributed by atoms with Crippen LogP contribution in [0.5, 0.6) is 0 Å². The number of hydrogen-bond donors (Lipinski definition) is 1. The summed E-state index contributed by atoms with van der Waals surface area (Å²) in [6.07, 6.45) is -15.5. The number of fused-ring (bicyclic) bond motifs is 2. The van der Waals surface area contributed by atoms with Crippen LogP contribution in [0, 0.1) is 29.6 Å². The first kappa shape index (κ1) is 23.5. The van der Waals surface area contributed by atoms with Gasteiger partial charge in [-0.05, 0) is 42.9 Å². The maximum Gasteiger partial charge on any atom is 0.426 e. The molecule has 166 valence electrons. The van der Waals surface area contributed by atoms with E-state index in [1.807, 2.05) is 0 Å². The van der Waals surface area contributed by atoms with Crippen LogP contribution in [0.2, 0.25) is 0 Å². The smallest absolute Gasteiger partial charge is 0.374 e. The van der Waals surface area contributed by atoms with Crippen LogP contribution < -0.4 is 0 Å². The quantitative estimate of drug-likeness (QED) is 0.495. The van der Waals surface area contributed by atoms with Gasteiger partial charge in [-0.1, -0.05) is 20.3 Å². The van der Waals surface area contributed by atoms with Gasteiger partial charge in [0.25, 0.3) is 5.60 Å². The van der Waals surface area contributed by atoms with Crippen molar-refractivity contribution in [1.82, 2.24) is 0 Å². The van der Waals surface area contributed by atoms with Gasteiger partial charge >= 0.3 is 24.2 Å². The summed E-state index contributed by atoms with van der Waals surface area (Å²) in [6.45, 7) is 2.32. The Balaban J connectivity index is 2.39. The highest BCUT2D eigenvalue weighted by Gasteiger charge is 2.74. The average molecular weight is 432 g/mol. The third kappa shape index (κ3) is 3.39. The molecule has 0 amide bonds. The summed E-state index contributed by atoms with van der Waals surface area (Å²) >= 11 is 0. The van der Waals surface area contributed by atoms with Crippen LogP contribution in [0.3, 0.4) is 0 Å². The normalized spacial score (nSPS) is 32.2. The van der Waals surface area contributed by atoms with Crippen molar-refractivity contribution in [2.24, 2.45) is 29.6 Å². The van der Waals surface area contributed by atoms with Crippen molar-refractivity contribution in [3.05, 3.63) is 0 Å². The van der Waals surface area contributed by atoms with Crippen molar-refractivity contribution in [1.29, 1.82) is 0 Å². The molecule has 1 N–H and O–H groups in total. The van der Waals surface area contributed by atoms with Crippen molar-refractivity contribution in [3.63, 3.8) is 0 Å². The van der Waals surface area contributed by atoms with Crippen molar-refractivity contribution in [2.45, 2.75) is 75.8 Å². The van der Waals surface area contributed by atoms with Crippen LogP contribution in [0.15, 0.2) is 0 Å². The van der Waals surface area contributed by atoms with E-state index in [9.17, 15) is 49.0 Å². The van der Waals surface area contributed by atoms with Crippen LogP contribution in [0.4, 0.5) is 43.9 Å². The predicted octanol–water partition coefficient (Wildman–Crippen LogP) is 6.21. The highest BCUT2D eigenvalue weighted by molar-refractivity contribution is 5.09. The van der Waals surface area contributed by atoms with E-state index in [-0.39, 0.29) is 19.3 Å². The van der Waals surface area contributed by atoms with Gasteiger partial charge in [0.05, 0.1) is 0 Å². The number of aliphatic hydroxyl groups is 1. The van der Waals surface area contributed by atoms with Crippen LogP contribution in [0.25, 0.3) is 0 Å². The lowest BCUT2D eigenvalue weighted by Gasteiger charge is -2.44. The molecule has 28 heavy (non-hydrogen) atoms. The van der Waals surface area contributed by atoms with Gasteiger partial charge in [-0.15, -0.1) is 0 Å². The van der Waals surface area contributed by atoms with Crippen molar-refractivity contribution >= 4 is 0 Å². The highest BCUT2D eigenvalue weighted by atomic mass is 19.4. The highest BCUT2D eigenvalue weighted by Crippen LogP contribution is 2.65. The van der Waals surface area contributed by atoms with Gasteiger partial charge in [-0.2, -0.15) is 43.9 Å². The van der Waals surface area contributed by atoms with Crippen molar-refractivity contribution in [3.8, 4) is 0 Å². The molecule has 0 aromatic heterocycles. The van der Waals surface area contributed by atoms with Gasteiger partial charge in [0, 0.05) is 12.3 Å². The molecule has 0 spiro atoms. The van der Waals surface area contributed by atoms with Crippen LogP contribution in [-0.4, -0.2) is 34.9 Å². The largest absolute Gasteiger partial charge is 0.426 e. The Morgan fingerprint density at radius 2 is 1.32 bits per heavy atom. The first-order valence-corrected chi connectivity index (χ1v) is 9.06. The van der Waals surface area contributed by atoms with Gasteiger partial charge in [-0.25, -0.2) is 0 Å². The molecule has 2 fully saturated rings. The van der Waals surface area contributed by atoms with E-state index in [0.717, 1.165) is 6.92 Å². The summed E-state index contributed by atoms with van der Waals surface area (Å²) < 4.78 is 135. The van der Waals surface area contributed by atoms with Gasteiger partial charge in [0.15, 0.2) is 0 Å². The molecule has 0 aromatic carbocycles. The molecule has 0 aliphatic heterocycles.